The average Bonchev–Trinajstić information content (AvgIpc) is 3.20. The van der Waals surface area contributed by atoms with E-state index in [1.165, 1.54) is 11.8 Å². The third kappa shape index (κ3) is 3.44. The van der Waals surface area contributed by atoms with Crippen LogP contribution in [0, 0.1) is 0 Å². The van der Waals surface area contributed by atoms with Crippen LogP contribution in [0.1, 0.15) is 17.3 Å². The van der Waals surface area contributed by atoms with Crippen LogP contribution in [0.25, 0.3) is 0 Å². The summed E-state index contributed by atoms with van der Waals surface area (Å²) < 4.78 is 0. The number of hydrogen-bond donors (Lipinski definition) is 0. The third-order valence-corrected chi connectivity index (χ3v) is 6.24. The fraction of sp³-hybridized carbons (Fsp3) is 0.0455. The lowest BCUT2D eigenvalue weighted by Gasteiger charge is -2.37. The summed E-state index contributed by atoms with van der Waals surface area (Å²) in [5, 5.41) is 9.46. The molecule has 3 aromatic carbocycles. The van der Waals surface area contributed by atoms with E-state index >= 15 is 0 Å². The second kappa shape index (κ2) is 7.63. The monoisotopic (exact) mass is 434 g/mol. The van der Waals surface area contributed by atoms with Gasteiger partial charge in [0.25, 0.3) is 0 Å². The standard InChI is InChI=1S/C22H15ClN4S2/c23-17-13-11-15(12-14-17)19-24-21-27(22(28)26(19)18-9-5-2-6-10-18)25-20(29-21)16-7-3-1-4-8-16/h1-14,19H/t19-/m0/s1. The van der Waals surface area contributed by atoms with E-state index in [0.717, 1.165) is 27.0 Å². The summed E-state index contributed by atoms with van der Waals surface area (Å²) >= 11 is 13.5. The van der Waals surface area contributed by atoms with Crippen molar-refractivity contribution in [2.45, 2.75) is 6.17 Å². The van der Waals surface area contributed by atoms with Crippen LogP contribution >= 0.6 is 35.6 Å². The second-order valence-corrected chi connectivity index (χ2v) is 8.27. The number of anilines is 1. The fourth-order valence-corrected chi connectivity index (χ4v) is 4.69. The first kappa shape index (κ1) is 18.4. The Labute approximate surface area is 183 Å². The lowest BCUT2D eigenvalue weighted by atomic mass is 10.1. The van der Waals surface area contributed by atoms with E-state index in [-0.39, 0.29) is 6.17 Å². The first-order valence-electron chi connectivity index (χ1n) is 9.04. The highest BCUT2D eigenvalue weighted by Gasteiger charge is 2.39. The SMILES string of the molecule is S=C1N2N=C(c3ccccc3)SC2=N[C@H](c2ccc(Cl)cc2)N1c1ccccc1. The Hall–Kier alpha value is -2.67. The van der Waals surface area contributed by atoms with Crippen LogP contribution in [0.3, 0.4) is 0 Å². The van der Waals surface area contributed by atoms with Crippen LogP contribution in [0.5, 0.6) is 0 Å². The molecule has 0 unspecified atom stereocenters. The lowest BCUT2D eigenvalue weighted by molar-refractivity contribution is 0.598. The highest BCUT2D eigenvalue weighted by molar-refractivity contribution is 8.27. The molecule has 0 bridgehead atoms. The van der Waals surface area contributed by atoms with Gasteiger partial charge in [0.1, 0.15) is 5.04 Å². The van der Waals surface area contributed by atoms with Crippen molar-refractivity contribution in [1.82, 2.24) is 5.01 Å². The zero-order valence-electron chi connectivity index (χ0n) is 15.1. The maximum absolute atomic E-state index is 6.10. The van der Waals surface area contributed by atoms with Gasteiger partial charge in [0.2, 0.25) is 5.11 Å². The summed E-state index contributed by atoms with van der Waals surface area (Å²) in [4.78, 5) is 7.04. The number of halogens is 1. The molecule has 0 fully saturated rings. The number of hydrogen-bond acceptors (Lipinski definition) is 4. The molecule has 0 saturated carbocycles. The molecule has 2 aliphatic heterocycles. The van der Waals surface area contributed by atoms with E-state index in [0.29, 0.717) is 10.1 Å². The van der Waals surface area contributed by atoms with Crippen molar-refractivity contribution in [1.29, 1.82) is 0 Å². The molecule has 0 N–H and O–H groups in total. The molecule has 7 heteroatoms. The quantitative estimate of drug-likeness (QED) is 0.479. The summed E-state index contributed by atoms with van der Waals surface area (Å²) in [5.74, 6) is 0. The zero-order chi connectivity index (χ0) is 19.8. The Morgan fingerprint density at radius 3 is 2.21 bits per heavy atom. The largest absolute Gasteiger partial charge is 0.290 e. The summed E-state index contributed by atoms with van der Waals surface area (Å²) in [6.45, 7) is 0. The highest BCUT2D eigenvalue weighted by Crippen LogP contribution is 2.38. The van der Waals surface area contributed by atoms with Gasteiger partial charge in [-0.25, -0.2) is 4.99 Å². The van der Waals surface area contributed by atoms with Crippen LogP contribution in [0.2, 0.25) is 5.02 Å². The van der Waals surface area contributed by atoms with Crippen molar-refractivity contribution in [3.63, 3.8) is 0 Å². The van der Waals surface area contributed by atoms with Crippen molar-refractivity contribution in [3.05, 3.63) is 101 Å². The Kier molecular flexibility index (Phi) is 4.83. The molecule has 1 atom stereocenters. The molecule has 0 amide bonds. The number of nitrogens with zero attached hydrogens (tertiary/aromatic N) is 4. The molecule has 3 aromatic rings. The summed E-state index contributed by atoms with van der Waals surface area (Å²) in [7, 11) is 0. The smallest absolute Gasteiger partial charge is 0.205 e. The van der Waals surface area contributed by atoms with E-state index in [4.69, 9.17) is 33.9 Å². The number of benzene rings is 3. The molecule has 2 heterocycles. The van der Waals surface area contributed by atoms with E-state index in [1.807, 2.05) is 89.8 Å². The summed E-state index contributed by atoms with van der Waals surface area (Å²) in [5.41, 5.74) is 3.03. The summed E-state index contributed by atoms with van der Waals surface area (Å²) in [6, 6.07) is 27.8. The number of hydrazone groups is 1. The van der Waals surface area contributed by atoms with Crippen molar-refractivity contribution in [3.8, 4) is 0 Å². The van der Waals surface area contributed by atoms with E-state index in [9.17, 15) is 0 Å². The maximum Gasteiger partial charge on any atom is 0.205 e. The lowest BCUT2D eigenvalue weighted by Crippen LogP contribution is -2.47. The van der Waals surface area contributed by atoms with Crippen molar-refractivity contribution >= 4 is 56.6 Å². The minimum Gasteiger partial charge on any atom is -0.290 e. The molecule has 142 valence electrons. The average molecular weight is 435 g/mol. The van der Waals surface area contributed by atoms with Crippen LogP contribution < -0.4 is 4.90 Å². The zero-order valence-corrected chi connectivity index (χ0v) is 17.5. The molecular weight excluding hydrogens is 420 g/mol. The minimum absolute atomic E-state index is 0.286. The number of rotatable bonds is 3. The van der Waals surface area contributed by atoms with Gasteiger partial charge in [-0.1, -0.05) is 72.3 Å². The summed E-state index contributed by atoms with van der Waals surface area (Å²) in [6.07, 6.45) is -0.286. The van der Waals surface area contributed by atoms with E-state index in [1.54, 1.807) is 5.01 Å². The van der Waals surface area contributed by atoms with Gasteiger partial charge >= 0.3 is 0 Å². The normalized spacial score (nSPS) is 18.4. The predicted octanol–water partition coefficient (Wildman–Crippen LogP) is 5.91. The van der Waals surface area contributed by atoms with Gasteiger partial charge in [-0.3, -0.25) is 4.90 Å². The first-order valence-corrected chi connectivity index (χ1v) is 10.6. The maximum atomic E-state index is 6.10. The number of fused-ring (bicyclic) bond motifs is 1. The van der Waals surface area contributed by atoms with E-state index < -0.39 is 0 Å². The van der Waals surface area contributed by atoms with Crippen LogP contribution in [-0.2, 0) is 0 Å². The number of aliphatic imine (C=N–C) groups is 1. The predicted molar refractivity (Wildman–Crippen MR) is 126 cm³/mol. The highest BCUT2D eigenvalue weighted by atomic mass is 35.5. The van der Waals surface area contributed by atoms with Gasteiger partial charge in [-0.05, 0) is 53.8 Å². The third-order valence-electron chi connectivity index (χ3n) is 4.65. The molecule has 0 aliphatic carbocycles. The fourth-order valence-electron chi connectivity index (χ4n) is 3.25. The number of thioether (sulfide) groups is 1. The number of thiocarbonyl (C=S) groups is 1. The van der Waals surface area contributed by atoms with E-state index in [2.05, 4.69) is 0 Å². The topological polar surface area (TPSA) is 31.2 Å². The molecular formula is C22H15ClN4S2. The molecule has 0 aromatic heterocycles. The molecule has 29 heavy (non-hydrogen) atoms. The van der Waals surface area contributed by atoms with Gasteiger partial charge < -0.3 is 0 Å². The van der Waals surface area contributed by atoms with Crippen LogP contribution in [-0.4, -0.2) is 20.3 Å². The van der Waals surface area contributed by atoms with Crippen LogP contribution in [0.15, 0.2) is 95.0 Å². The number of para-hydroxylation sites is 1. The Bertz CT molecular complexity index is 1110. The van der Waals surface area contributed by atoms with Crippen molar-refractivity contribution in [2.75, 3.05) is 4.90 Å². The molecule has 4 nitrogen and oxygen atoms in total. The molecule has 2 aliphatic rings. The first-order chi connectivity index (χ1) is 14.2. The Morgan fingerprint density at radius 2 is 1.52 bits per heavy atom. The van der Waals surface area contributed by atoms with Crippen molar-refractivity contribution < 1.29 is 0 Å². The second-order valence-electron chi connectivity index (χ2n) is 6.51. The number of amidine groups is 1. The van der Waals surface area contributed by atoms with Gasteiger partial charge in [0.05, 0.1) is 0 Å². The molecule has 5 rings (SSSR count). The van der Waals surface area contributed by atoms with Gasteiger partial charge in [0, 0.05) is 16.3 Å². The van der Waals surface area contributed by atoms with Crippen molar-refractivity contribution in [2.24, 2.45) is 10.1 Å². The van der Waals surface area contributed by atoms with Gasteiger partial charge in [-0.15, -0.1) is 0 Å². The van der Waals surface area contributed by atoms with Crippen LogP contribution in [0.4, 0.5) is 5.69 Å². The molecule has 0 saturated heterocycles. The van der Waals surface area contributed by atoms with Gasteiger partial charge in [-0.2, -0.15) is 10.1 Å². The molecule has 0 spiro atoms. The Balaban J connectivity index is 1.60. The van der Waals surface area contributed by atoms with Gasteiger partial charge in [0.15, 0.2) is 11.3 Å². The molecule has 0 radical (unpaired) electrons. The Morgan fingerprint density at radius 1 is 0.862 bits per heavy atom. The minimum atomic E-state index is -0.286.